The van der Waals surface area contributed by atoms with Gasteiger partial charge in [0, 0.05) is 19.1 Å². The molecule has 1 saturated heterocycles. The number of likely N-dealkylation sites (tertiary alicyclic amines) is 1. The number of rotatable bonds is 3. The normalized spacial score (nSPS) is 24.5. The molecule has 2 rings (SSSR count). The summed E-state index contributed by atoms with van der Waals surface area (Å²) in [5, 5.41) is 9.03. The molecule has 1 aliphatic heterocycles. The monoisotopic (exact) mass is 268 g/mol. The van der Waals surface area contributed by atoms with Crippen molar-refractivity contribution in [3.8, 4) is 0 Å². The number of aliphatic carboxylic acids is 1. The molecule has 19 heavy (non-hydrogen) atoms. The molecule has 2 aliphatic rings. The van der Waals surface area contributed by atoms with Gasteiger partial charge in [-0.05, 0) is 31.6 Å². The Morgan fingerprint density at radius 2 is 1.89 bits per heavy atom. The molecule has 1 heterocycles. The van der Waals surface area contributed by atoms with Crippen LogP contribution < -0.4 is 0 Å². The molecule has 1 aliphatic carbocycles. The Labute approximate surface area is 114 Å². The van der Waals surface area contributed by atoms with Gasteiger partial charge >= 0.3 is 12.0 Å². The summed E-state index contributed by atoms with van der Waals surface area (Å²) in [6, 6.07) is 0.0571. The van der Waals surface area contributed by atoms with Crippen molar-refractivity contribution >= 4 is 12.0 Å². The molecule has 0 radical (unpaired) electrons. The van der Waals surface area contributed by atoms with Crippen molar-refractivity contribution in [1.82, 2.24) is 9.80 Å². The number of urea groups is 1. The van der Waals surface area contributed by atoms with E-state index in [0.717, 1.165) is 51.6 Å². The second-order valence-corrected chi connectivity index (χ2v) is 5.94. The molecule has 5 nitrogen and oxygen atoms in total. The van der Waals surface area contributed by atoms with Crippen LogP contribution in [0.15, 0.2) is 0 Å². The Kier molecular flexibility index (Phi) is 4.66. The maximum Gasteiger partial charge on any atom is 0.323 e. The van der Waals surface area contributed by atoms with Crippen molar-refractivity contribution in [1.29, 1.82) is 0 Å². The number of amides is 2. The summed E-state index contributed by atoms with van der Waals surface area (Å²) in [6.07, 6.45) is 6.28. The van der Waals surface area contributed by atoms with Gasteiger partial charge in [-0.2, -0.15) is 0 Å². The summed E-state index contributed by atoms with van der Waals surface area (Å²) >= 11 is 0. The van der Waals surface area contributed by atoms with Crippen molar-refractivity contribution in [2.45, 2.75) is 51.5 Å². The fraction of sp³-hybridized carbons (Fsp3) is 0.857. The minimum Gasteiger partial charge on any atom is -0.480 e. The lowest BCUT2D eigenvalue weighted by molar-refractivity contribution is -0.138. The number of carbonyl (C=O) groups excluding carboxylic acids is 1. The smallest absolute Gasteiger partial charge is 0.323 e. The molecule has 1 saturated carbocycles. The molecular formula is C14H24N2O3. The zero-order chi connectivity index (χ0) is 13.8. The Morgan fingerprint density at radius 1 is 1.21 bits per heavy atom. The Morgan fingerprint density at radius 3 is 2.47 bits per heavy atom. The van der Waals surface area contributed by atoms with Crippen molar-refractivity contribution in [3.63, 3.8) is 0 Å². The lowest BCUT2D eigenvalue weighted by atomic mass is 10.0. The van der Waals surface area contributed by atoms with Crippen LogP contribution in [0.5, 0.6) is 0 Å². The third-order valence-corrected chi connectivity index (χ3v) is 4.24. The van der Waals surface area contributed by atoms with E-state index in [1.54, 1.807) is 4.90 Å². The largest absolute Gasteiger partial charge is 0.480 e. The average molecular weight is 268 g/mol. The summed E-state index contributed by atoms with van der Waals surface area (Å²) in [7, 11) is 0. The van der Waals surface area contributed by atoms with E-state index in [2.05, 4.69) is 6.92 Å². The van der Waals surface area contributed by atoms with Gasteiger partial charge in [0.05, 0.1) is 0 Å². The van der Waals surface area contributed by atoms with Gasteiger partial charge in [-0.25, -0.2) is 4.79 Å². The molecule has 0 aromatic heterocycles. The van der Waals surface area contributed by atoms with E-state index in [9.17, 15) is 9.59 Å². The van der Waals surface area contributed by atoms with Crippen LogP contribution in [0.4, 0.5) is 4.79 Å². The molecule has 1 atom stereocenters. The van der Waals surface area contributed by atoms with Gasteiger partial charge in [-0.3, -0.25) is 4.79 Å². The number of carboxylic acid groups (broad SMARTS) is 1. The minimum absolute atomic E-state index is 0.0687. The molecule has 0 spiro atoms. The first-order valence-corrected chi connectivity index (χ1v) is 7.35. The first-order chi connectivity index (χ1) is 9.08. The lowest BCUT2D eigenvalue weighted by Gasteiger charge is -2.37. The van der Waals surface area contributed by atoms with E-state index >= 15 is 0 Å². The number of carbonyl (C=O) groups is 2. The summed E-state index contributed by atoms with van der Waals surface area (Å²) in [5.74, 6) is -0.390. The molecule has 108 valence electrons. The van der Waals surface area contributed by atoms with Crippen LogP contribution in [0.25, 0.3) is 0 Å². The van der Waals surface area contributed by atoms with Crippen LogP contribution in [0.1, 0.15) is 45.4 Å². The van der Waals surface area contributed by atoms with Crippen LogP contribution in [0, 0.1) is 5.92 Å². The SMILES string of the molecule is CC1CCCN(C(=O)N(CC(=O)O)C2CCCC2)C1. The molecule has 5 heteroatoms. The second-order valence-electron chi connectivity index (χ2n) is 5.94. The second kappa shape index (κ2) is 6.26. The predicted octanol–water partition coefficient (Wildman–Crippen LogP) is 2.17. The van der Waals surface area contributed by atoms with E-state index < -0.39 is 5.97 Å². The van der Waals surface area contributed by atoms with Crippen molar-refractivity contribution < 1.29 is 14.7 Å². The van der Waals surface area contributed by atoms with E-state index in [1.165, 1.54) is 0 Å². The summed E-state index contributed by atoms with van der Waals surface area (Å²) in [5.41, 5.74) is 0. The Hall–Kier alpha value is -1.26. The van der Waals surface area contributed by atoms with Crippen molar-refractivity contribution in [2.75, 3.05) is 19.6 Å². The standard InChI is InChI=1S/C14H24N2O3/c1-11-5-4-8-15(9-11)14(19)16(10-13(17)18)12-6-2-3-7-12/h11-12H,2-10H2,1H3,(H,17,18). The molecular weight excluding hydrogens is 244 g/mol. The van der Waals surface area contributed by atoms with Crippen LogP contribution in [0.3, 0.4) is 0 Å². The highest BCUT2D eigenvalue weighted by molar-refractivity contribution is 5.80. The number of carboxylic acids is 1. The Bertz CT molecular complexity index is 340. The summed E-state index contributed by atoms with van der Waals surface area (Å²) in [4.78, 5) is 27.0. The number of hydrogen-bond donors (Lipinski definition) is 1. The highest BCUT2D eigenvalue weighted by Gasteiger charge is 2.32. The maximum atomic E-state index is 12.6. The van der Waals surface area contributed by atoms with Crippen LogP contribution in [-0.2, 0) is 4.79 Å². The fourth-order valence-electron chi connectivity index (χ4n) is 3.26. The van der Waals surface area contributed by atoms with Crippen LogP contribution >= 0.6 is 0 Å². The van der Waals surface area contributed by atoms with Gasteiger partial charge in [0.2, 0.25) is 0 Å². The number of hydrogen-bond acceptors (Lipinski definition) is 2. The molecule has 2 amide bonds. The lowest BCUT2D eigenvalue weighted by Crippen LogP contribution is -2.51. The van der Waals surface area contributed by atoms with E-state index in [4.69, 9.17) is 5.11 Å². The number of nitrogens with zero attached hydrogens (tertiary/aromatic N) is 2. The van der Waals surface area contributed by atoms with Gasteiger partial charge in [-0.1, -0.05) is 19.8 Å². The van der Waals surface area contributed by atoms with Gasteiger partial charge in [-0.15, -0.1) is 0 Å². The molecule has 0 bridgehead atoms. The van der Waals surface area contributed by atoms with Gasteiger partial charge in [0.15, 0.2) is 0 Å². The molecule has 1 unspecified atom stereocenters. The third-order valence-electron chi connectivity index (χ3n) is 4.24. The Balaban J connectivity index is 2.03. The highest BCUT2D eigenvalue weighted by atomic mass is 16.4. The first-order valence-electron chi connectivity index (χ1n) is 7.35. The molecule has 2 fully saturated rings. The quantitative estimate of drug-likeness (QED) is 0.853. The zero-order valence-corrected chi connectivity index (χ0v) is 11.7. The molecule has 1 N–H and O–H groups in total. The third kappa shape index (κ3) is 3.61. The highest BCUT2D eigenvalue weighted by Crippen LogP contribution is 2.25. The van der Waals surface area contributed by atoms with Crippen molar-refractivity contribution in [2.24, 2.45) is 5.92 Å². The predicted molar refractivity (Wildman–Crippen MR) is 72.0 cm³/mol. The summed E-state index contributed by atoms with van der Waals surface area (Å²) < 4.78 is 0. The average Bonchev–Trinajstić information content (AvgIpc) is 2.88. The van der Waals surface area contributed by atoms with Gasteiger partial charge < -0.3 is 14.9 Å². The van der Waals surface area contributed by atoms with Crippen LogP contribution in [0.2, 0.25) is 0 Å². The summed E-state index contributed by atoms with van der Waals surface area (Å²) in [6.45, 7) is 3.53. The van der Waals surface area contributed by atoms with Gasteiger partial charge in [0.25, 0.3) is 0 Å². The van der Waals surface area contributed by atoms with Gasteiger partial charge in [0.1, 0.15) is 6.54 Å². The maximum absolute atomic E-state index is 12.6. The van der Waals surface area contributed by atoms with Crippen molar-refractivity contribution in [3.05, 3.63) is 0 Å². The van der Waals surface area contributed by atoms with E-state index in [-0.39, 0.29) is 18.6 Å². The number of piperidine rings is 1. The molecule has 0 aromatic carbocycles. The topological polar surface area (TPSA) is 60.9 Å². The zero-order valence-electron chi connectivity index (χ0n) is 11.7. The van der Waals surface area contributed by atoms with E-state index in [1.807, 2.05) is 4.90 Å². The fourth-order valence-corrected chi connectivity index (χ4v) is 3.26. The minimum atomic E-state index is -0.912. The van der Waals surface area contributed by atoms with E-state index in [0.29, 0.717) is 5.92 Å². The first kappa shape index (κ1) is 14.2. The van der Waals surface area contributed by atoms with Crippen LogP contribution in [-0.4, -0.2) is 52.6 Å². The molecule has 0 aromatic rings.